The van der Waals surface area contributed by atoms with Gasteiger partial charge < -0.3 is 15.5 Å². The third-order valence-electron chi connectivity index (χ3n) is 4.27. The lowest BCUT2D eigenvalue weighted by Crippen LogP contribution is -2.41. The molecule has 1 aliphatic heterocycles. The molecule has 0 saturated carbocycles. The first kappa shape index (κ1) is 15.3. The summed E-state index contributed by atoms with van der Waals surface area (Å²) in [6.07, 6.45) is 0. The number of nitrogens with one attached hydrogen (secondary N) is 1. The number of rotatable bonds is 1. The summed E-state index contributed by atoms with van der Waals surface area (Å²) in [5.41, 5.74) is 2.40. The number of aromatic hydroxyl groups is 2. The molecule has 3 N–H and O–H groups in total. The Labute approximate surface area is 151 Å². The van der Waals surface area contributed by atoms with Crippen molar-refractivity contribution in [3.05, 3.63) is 57.6 Å². The number of carbonyl (C=O) groups excluding carboxylic acids is 1. The van der Waals surface area contributed by atoms with Gasteiger partial charge in [-0.3, -0.25) is 4.79 Å². The number of halogens is 1. The number of Topliss-reactive ketones (excluding diaryl/α,β-unsaturated/α-hetero) is 1. The number of benzene rings is 2. The molecule has 2 atom stereocenters. The van der Waals surface area contributed by atoms with Crippen LogP contribution in [-0.4, -0.2) is 26.8 Å². The van der Waals surface area contributed by atoms with E-state index >= 15 is 0 Å². The average molecular weight is 403 g/mol. The van der Waals surface area contributed by atoms with Crippen molar-refractivity contribution in [2.75, 3.05) is 0 Å². The molecule has 2 aromatic rings. The van der Waals surface area contributed by atoms with Crippen molar-refractivity contribution in [1.29, 1.82) is 0 Å². The van der Waals surface area contributed by atoms with Gasteiger partial charge in [0.1, 0.15) is 11.5 Å². The molecule has 2 aliphatic rings. The zero-order valence-electron chi connectivity index (χ0n) is 12.2. The molecule has 5 nitrogen and oxygen atoms in total. The maximum absolute atomic E-state index is 12.9. The fraction of sp³-hybridized carbons (Fsp3) is 0.118. The van der Waals surface area contributed by atoms with Crippen LogP contribution in [0.15, 0.2) is 45.9 Å². The molecule has 7 heteroatoms. The number of carbonyl (C=O) groups is 1. The fourth-order valence-electron chi connectivity index (χ4n) is 3.24. The van der Waals surface area contributed by atoms with Crippen LogP contribution in [0.25, 0.3) is 0 Å². The van der Waals surface area contributed by atoms with Crippen molar-refractivity contribution in [1.82, 2.24) is 5.32 Å². The second-order valence-electron chi connectivity index (χ2n) is 5.70. The van der Waals surface area contributed by atoms with Crippen LogP contribution >= 0.6 is 28.1 Å². The zero-order chi connectivity index (χ0) is 17.0. The molecular formula is C17H11BrN2O3S. The molecule has 0 bridgehead atoms. The van der Waals surface area contributed by atoms with E-state index in [1.54, 1.807) is 24.3 Å². The zero-order valence-corrected chi connectivity index (χ0v) is 14.6. The summed E-state index contributed by atoms with van der Waals surface area (Å²) in [6, 6.07) is 9.06. The molecule has 0 amide bonds. The highest BCUT2D eigenvalue weighted by Gasteiger charge is 2.45. The van der Waals surface area contributed by atoms with Gasteiger partial charge in [0.25, 0.3) is 0 Å². The number of nitrogens with zero attached hydrogens (tertiary/aromatic N) is 1. The van der Waals surface area contributed by atoms with Crippen LogP contribution in [0.1, 0.15) is 27.5 Å². The number of hydrogen-bond acceptors (Lipinski definition) is 4. The smallest absolute Gasteiger partial charge is 0.193 e. The largest absolute Gasteiger partial charge is 0.508 e. The minimum atomic E-state index is -0.563. The maximum Gasteiger partial charge on any atom is 0.193 e. The summed E-state index contributed by atoms with van der Waals surface area (Å²) >= 11 is 8.70. The van der Waals surface area contributed by atoms with Crippen LogP contribution in [0.3, 0.4) is 0 Å². The molecule has 0 saturated heterocycles. The number of aliphatic imine (C=N–C) groups is 1. The summed E-state index contributed by atoms with van der Waals surface area (Å²) in [4.78, 5) is 17.2. The van der Waals surface area contributed by atoms with Crippen molar-refractivity contribution in [2.45, 2.75) is 6.04 Å². The molecule has 1 heterocycles. The van der Waals surface area contributed by atoms with E-state index in [2.05, 4.69) is 26.2 Å². The van der Waals surface area contributed by atoms with E-state index in [1.165, 1.54) is 12.1 Å². The number of fused-ring (bicyclic) bond motifs is 3. The summed E-state index contributed by atoms with van der Waals surface area (Å²) in [5.74, 6) is -0.472. The third-order valence-corrected chi connectivity index (χ3v) is 5.20. The molecule has 4 rings (SSSR count). The molecule has 2 aromatic carbocycles. The van der Waals surface area contributed by atoms with E-state index in [4.69, 9.17) is 12.2 Å². The van der Waals surface area contributed by atoms with E-state index in [1.807, 2.05) is 0 Å². The van der Waals surface area contributed by atoms with Crippen molar-refractivity contribution in [2.24, 2.45) is 10.9 Å². The SMILES string of the molecule is O=C1c2ccc(O)cc2C2=NC(=S)NC(c3cc(O)ccc3Br)C12. The molecule has 0 spiro atoms. The van der Waals surface area contributed by atoms with E-state index < -0.39 is 12.0 Å². The third kappa shape index (κ3) is 2.23. The van der Waals surface area contributed by atoms with Crippen molar-refractivity contribution < 1.29 is 15.0 Å². The van der Waals surface area contributed by atoms with Gasteiger partial charge in [-0.25, -0.2) is 4.99 Å². The Morgan fingerprint density at radius 2 is 1.79 bits per heavy atom. The maximum atomic E-state index is 12.9. The van der Waals surface area contributed by atoms with Gasteiger partial charge in [0, 0.05) is 15.6 Å². The van der Waals surface area contributed by atoms with Gasteiger partial charge >= 0.3 is 0 Å². The van der Waals surface area contributed by atoms with Gasteiger partial charge in [0.2, 0.25) is 0 Å². The van der Waals surface area contributed by atoms with Crippen molar-refractivity contribution in [3.63, 3.8) is 0 Å². The monoisotopic (exact) mass is 402 g/mol. The Bertz CT molecular complexity index is 941. The van der Waals surface area contributed by atoms with Crippen molar-refractivity contribution in [3.8, 4) is 11.5 Å². The lowest BCUT2D eigenvalue weighted by molar-refractivity contribution is 0.0944. The predicted octanol–water partition coefficient (Wildman–Crippen LogP) is 3.09. The summed E-state index contributed by atoms with van der Waals surface area (Å²) in [6.45, 7) is 0. The standard InChI is InChI=1S/C17H11BrN2O3S/c18-12-4-2-8(22)6-11(12)15-13-14(19-17(24)20-15)10-5-7(21)1-3-9(10)16(13)23/h1-6,13,15,21-22H,(H,20,24). The van der Waals surface area contributed by atoms with Crippen LogP contribution in [0.5, 0.6) is 11.5 Å². The van der Waals surface area contributed by atoms with Gasteiger partial charge in [0.05, 0.1) is 17.7 Å². The molecule has 0 aromatic heterocycles. The van der Waals surface area contributed by atoms with Crippen LogP contribution in [0, 0.1) is 5.92 Å². The second kappa shape index (κ2) is 5.39. The van der Waals surface area contributed by atoms with Gasteiger partial charge in [0.15, 0.2) is 10.9 Å². The molecular weight excluding hydrogens is 392 g/mol. The summed E-state index contributed by atoms with van der Waals surface area (Å²) in [7, 11) is 0. The molecule has 0 radical (unpaired) electrons. The lowest BCUT2D eigenvalue weighted by Gasteiger charge is -2.29. The average Bonchev–Trinajstić information content (AvgIpc) is 2.81. The number of hydrogen-bond donors (Lipinski definition) is 3. The topological polar surface area (TPSA) is 81.9 Å². The summed E-state index contributed by atoms with van der Waals surface area (Å²) < 4.78 is 0.758. The fourth-order valence-corrected chi connectivity index (χ4v) is 3.96. The summed E-state index contributed by atoms with van der Waals surface area (Å²) in [5, 5.41) is 22.9. The van der Waals surface area contributed by atoms with Gasteiger partial charge in [-0.05, 0) is 54.2 Å². The van der Waals surface area contributed by atoms with Crippen LogP contribution in [0.4, 0.5) is 0 Å². The minimum absolute atomic E-state index is 0.0736. The number of phenols is 2. The first-order valence-electron chi connectivity index (χ1n) is 7.21. The number of thiocarbonyl (C=S) groups is 1. The number of ketones is 1. The molecule has 1 aliphatic carbocycles. The van der Waals surface area contributed by atoms with Gasteiger partial charge in [-0.2, -0.15) is 0 Å². The highest BCUT2D eigenvalue weighted by atomic mass is 79.9. The minimum Gasteiger partial charge on any atom is -0.508 e. The lowest BCUT2D eigenvalue weighted by atomic mass is 9.87. The van der Waals surface area contributed by atoms with Gasteiger partial charge in [-0.15, -0.1) is 0 Å². The Morgan fingerprint density at radius 3 is 2.58 bits per heavy atom. The highest BCUT2D eigenvalue weighted by Crippen LogP contribution is 2.41. The molecule has 24 heavy (non-hydrogen) atoms. The van der Waals surface area contributed by atoms with E-state index in [-0.39, 0.29) is 22.4 Å². The van der Waals surface area contributed by atoms with Crippen molar-refractivity contribution >= 4 is 44.8 Å². The first-order chi connectivity index (χ1) is 11.5. The Kier molecular flexibility index (Phi) is 3.43. The second-order valence-corrected chi connectivity index (χ2v) is 6.94. The first-order valence-corrected chi connectivity index (χ1v) is 8.41. The van der Waals surface area contributed by atoms with E-state index in [0.717, 1.165) is 10.0 Å². The Hall–Kier alpha value is -2.25. The Balaban J connectivity index is 1.90. The van der Waals surface area contributed by atoms with E-state index in [0.29, 0.717) is 16.8 Å². The van der Waals surface area contributed by atoms with Crippen LogP contribution in [0.2, 0.25) is 0 Å². The molecule has 2 unspecified atom stereocenters. The quantitative estimate of drug-likeness (QED) is 0.638. The normalized spacial score (nSPS) is 21.8. The van der Waals surface area contributed by atoms with E-state index in [9.17, 15) is 15.0 Å². The highest BCUT2D eigenvalue weighted by molar-refractivity contribution is 9.10. The number of phenolic OH excluding ortho intramolecular Hbond substituents is 2. The predicted molar refractivity (Wildman–Crippen MR) is 96.7 cm³/mol. The Morgan fingerprint density at radius 1 is 1.08 bits per heavy atom. The molecule has 120 valence electrons. The van der Waals surface area contributed by atoms with Gasteiger partial charge in [-0.1, -0.05) is 15.9 Å². The molecule has 0 fully saturated rings. The van der Waals surface area contributed by atoms with Crippen LogP contribution in [-0.2, 0) is 0 Å². The van der Waals surface area contributed by atoms with Crippen LogP contribution < -0.4 is 5.32 Å².